The van der Waals surface area contributed by atoms with Crippen molar-refractivity contribution in [3.8, 4) is 0 Å². The summed E-state index contributed by atoms with van der Waals surface area (Å²) in [5.74, 6) is 0. The zero-order chi connectivity index (χ0) is 18.3. The Morgan fingerprint density at radius 1 is 0.720 bits per heavy atom. The van der Waals surface area contributed by atoms with E-state index in [0.717, 1.165) is 31.7 Å². The van der Waals surface area contributed by atoms with E-state index >= 15 is 0 Å². The highest BCUT2D eigenvalue weighted by atomic mass is 16.5. The van der Waals surface area contributed by atoms with E-state index in [1.807, 2.05) is 6.07 Å². The first kappa shape index (κ1) is 22.0. The van der Waals surface area contributed by atoms with Gasteiger partial charge in [0.15, 0.2) is 0 Å². The summed E-state index contributed by atoms with van der Waals surface area (Å²) >= 11 is 0. The maximum atomic E-state index is 6.12. The molecule has 0 amide bonds. The monoisotopic (exact) mass is 349 g/mol. The Morgan fingerprint density at radius 2 is 1.20 bits per heavy atom. The van der Waals surface area contributed by atoms with Crippen molar-refractivity contribution in [2.24, 2.45) is 0 Å². The molecular formula is C22H39NO2. The molecule has 0 aromatic heterocycles. The first-order valence-electron chi connectivity index (χ1n) is 10.3. The molecule has 0 heterocycles. The van der Waals surface area contributed by atoms with Gasteiger partial charge in [0.1, 0.15) is 12.5 Å². The predicted molar refractivity (Wildman–Crippen MR) is 108 cm³/mol. The molecule has 3 nitrogen and oxygen atoms in total. The smallest absolute Gasteiger partial charge is 0.129 e. The maximum Gasteiger partial charge on any atom is 0.129 e. The fourth-order valence-corrected chi connectivity index (χ4v) is 3.04. The van der Waals surface area contributed by atoms with Crippen LogP contribution in [0.5, 0.6) is 0 Å². The van der Waals surface area contributed by atoms with Crippen LogP contribution in [0.4, 0.5) is 5.69 Å². The maximum absolute atomic E-state index is 6.12. The summed E-state index contributed by atoms with van der Waals surface area (Å²) in [6.45, 7) is 10.4. The molecule has 0 saturated carbocycles. The lowest BCUT2D eigenvalue weighted by Crippen LogP contribution is -2.43. The van der Waals surface area contributed by atoms with E-state index in [1.54, 1.807) is 0 Å². The van der Waals surface area contributed by atoms with Crippen LogP contribution in [0.2, 0.25) is 0 Å². The summed E-state index contributed by atoms with van der Waals surface area (Å²) in [4.78, 5) is 2.25. The largest absolute Gasteiger partial charge is 0.359 e. The van der Waals surface area contributed by atoms with Gasteiger partial charge >= 0.3 is 0 Å². The molecule has 1 rings (SSSR count). The average Bonchev–Trinajstić information content (AvgIpc) is 2.62. The molecule has 0 N–H and O–H groups in total. The second kappa shape index (κ2) is 14.1. The van der Waals surface area contributed by atoms with Crippen LogP contribution >= 0.6 is 0 Å². The number of anilines is 1. The lowest BCUT2D eigenvalue weighted by molar-refractivity contribution is -0.00185. The minimum absolute atomic E-state index is 0.00895. The normalized spacial score (nSPS) is 13.6. The van der Waals surface area contributed by atoms with Gasteiger partial charge in [0.05, 0.1) is 0 Å². The zero-order valence-electron chi connectivity index (χ0n) is 16.9. The predicted octanol–water partition coefficient (Wildman–Crippen LogP) is 6.38. The molecule has 2 atom stereocenters. The number of rotatable bonds is 15. The Bertz CT molecular complexity index is 390. The van der Waals surface area contributed by atoms with E-state index in [-0.39, 0.29) is 12.5 Å². The molecule has 25 heavy (non-hydrogen) atoms. The van der Waals surface area contributed by atoms with E-state index in [2.05, 4.69) is 56.9 Å². The molecule has 0 spiro atoms. The fourth-order valence-electron chi connectivity index (χ4n) is 3.04. The highest BCUT2D eigenvalue weighted by Gasteiger charge is 2.21. The van der Waals surface area contributed by atoms with Crippen LogP contribution in [0.15, 0.2) is 30.3 Å². The Kier molecular flexibility index (Phi) is 12.4. The van der Waals surface area contributed by atoms with Crippen LogP contribution in [-0.2, 0) is 9.47 Å². The van der Waals surface area contributed by atoms with Crippen molar-refractivity contribution in [3.63, 3.8) is 0 Å². The van der Waals surface area contributed by atoms with Crippen LogP contribution in [-0.4, -0.2) is 25.7 Å². The Balaban J connectivity index is 2.54. The van der Waals surface area contributed by atoms with Crippen molar-refractivity contribution in [1.82, 2.24) is 0 Å². The summed E-state index contributed by atoms with van der Waals surface area (Å²) in [7, 11) is 0. The van der Waals surface area contributed by atoms with Gasteiger partial charge in [-0.2, -0.15) is 0 Å². The molecule has 1 aromatic rings. The van der Waals surface area contributed by atoms with E-state index in [0.29, 0.717) is 0 Å². The number of nitrogens with zero attached hydrogens (tertiary/aromatic N) is 1. The molecule has 3 heteroatoms. The first-order valence-corrected chi connectivity index (χ1v) is 10.3. The van der Waals surface area contributed by atoms with Gasteiger partial charge in [0.25, 0.3) is 0 Å². The lowest BCUT2D eigenvalue weighted by Gasteiger charge is -2.36. The summed E-state index contributed by atoms with van der Waals surface area (Å²) < 4.78 is 12.2. The minimum atomic E-state index is 0.00895. The second-order valence-corrected chi connectivity index (χ2v) is 6.80. The third-order valence-electron chi connectivity index (χ3n) is 4.55. The van der Waals surface area contributed by atoms with Gasteiger partial charge in [0, 0.05) is 18.9 Å². The molecular weight excluding hydrogens is 310 g/mol. The van der Waals surface area contributed by atoms with Gasteiger partial charge in [-0.25, -0.2) is 0 Å². The molecule has 0 fully saturated rings. The van der Waals surface area contributed by atoms with E-state index < -0.39 is 0 Å². The molecule has 1 aromatic carbocycles. The molecule has 2 unspecified atom stereocenters. The average molecular weight is 350 g/mol. The fraction of sp³-hybridized carbons (Fsp3) is 0.727. The standard InChI is InChI=1S/C22H39NO2/c1-5-7-9-14-18-24-20(3)23(22-16-12-11-13-17-22)21(4)25-19-15-10-8-6-2/h11-13,16-17,20-21H,5-10,14-15,18-19H2,1-4H3. The van der Waals surface area contributed by atoms with Crippen molar-refractivity contribution in [2.45, 2.75) is 91.5 Å². The molecule has 0 bridgehead atoms. The third-order valence-corrected chi connectivity index (χ3v) is 4.55. The van der Waals surface area contributed by atoms with Crippen LogP contribution < -0.4 is 4.90 Å². The van der Waals surface area contributed by atoms with Crippen LogP contribution in [0, 0.1) is 0 Å². The molecule has 144 valence electrons. The number of ether oxygens (including phenoxy) is 2. The number of hydrogen-bond donors (Lipinski definition) is 0. The highest BCUT2D eigenvalue weighted by molar-refractivity contribution is 5.46. The second-order valence-electron chi connectivity index (χ2n) is 6.80. The number of hydrogen-bond acceptors (Lipinski definition) is 3. The summed E-state index contributed by atoms with van der Waals surface area (Å²) in [6.07, 6.45) is 9.87. The van der Waals surface area contributed by atoms with Gasteiger partial charge in [-0.05, 0) is 38.8 Å². The SMILES string of the molecule is CCCCCCOC(C)N(c1ccccc1)C(C)OCCCCCC. The van der Waals surface area contributed by atoms with Crippen LogP contribution in [0.1, 0.15) is 79.1 Å². The Hall–Kier alpha value is -1.06. The van der Waals surface area contributed by atoms with Crippen molar-refractivity contribution in [2.75, 3.05) is 18.1 Å². The number of benzene rings is 1. The third kappa shape index (κ3) is 9.27. The lowest BCUT2D eigenvalue weighted by atomic mass is 10.2. The van der Waals surface area contributed by atoms with Crippen molar-refractivity contribution in [1.29, 1.82) is 0 Å². The van der Waals surface area contributed by atoms with Crippen LogP contribution in [0.3, 0.4) is 0 Å². The molecule has 0 aliphatic carbocycles. The van der Waals surface area contributed by atoms with Gasteiger partial charge in [-0.1, -0.05) is 70.6 Å². The summed E-state index contributed by atoms with van der Waals surface area (Å²) in [5.41, 5.74) is 1.16. The summed E-state index contributed by atoms with van der Waals surface area (Å²) in [6, 6.07) is 10.5. The van der Waals surface area contributed by atoms with E-state index in [9.17, 15) is 0 Å². The molecule has 0 aliphatic rings. The molecule has 0 saturated heterocycles. The van der Waals surface area contributed by atoms with Crippen molar-refractivity contribution >= 4 is 5.69 Å². The highest BCUT2D eigenvalue weighted by Crippen LogP contribution is 2.21. The number of para-hydroxylation sites is 1. The van der Waals surface area contributed by atoms with Gasteiger partial charge in [-0.15, -0.1) is 0 Å². The first-order chi connectivity index (χ1) is 12.2. The van der Waals surface area contributed by atoms with Gasteiger partial charge < -0.3 is 14.4 Å². The Morgan fingerprint density at radius 3 is 1.64 bits per heavy atom. The van der Waals surface area contributed by atoms with E-state index in [1.165, 1.54) is 38.5 Å². The zero-order valence-corrected chi connectivity index (χ0v) is 16.9. The molecule has 0 aliphatic heterocycles. The van der Waals surface area contributed by atoms with E-state index in [4.69, 9.17) is 9.47 Å². The quantitative estimate of drug-likeness (QED) is 0.271. The van der Waals surface area contributed by atoms with Gasteiger partial charge in [0.2, 0.25) is 0 Å². The van der Waals surface area contributed by atoms with Gasteiger partial charge in [-0.3, -0.25) is 0 Å². The number of unbranched alkanes of at least 4 members (excludes halogenated alkanes) is 6. The van der Waals surface area contributed by atoms with Crippen molar-refractivity contribution in [3.05, 3.63) is 30.3 Å². The van der Waals surface area contributed by atoms with Crippen LogP contribution in [0.25, 0.3) is 0 Å². The topological polar surface area (TPSA) is 21.7 Å². The molecule has 0 radical (unpaired) electrons. The Labute approximate surface area is 155 Å². The summed E-state index contributed by atoms with van der Waals surface area (Å²) in [5, 5.41) is 0. The van der Waals surface area contributed by atoms with Crippen molar-refractivity contribution < 1.29 is 9.47 Å². The minimum Gasteiger partial charge on any atom is -0.359 e.